The van der Waals surface area contributed by atoms with E-state index in [2.05, 4.69) is 10.6 Å². The van der Waals surface area contributed by atoms with E-state index in [1.54, 1.807) is 25.3 Å². The van der Waals surface area contributed by atoms with Gasteiger partial charge < -0.3 is 20.1 Å². The average molecular weight is 358 g/mol. The van der Waals surface area contributed by atoms with Crippen molar-refractivity contribution in [3.63, 3.8) is 0 Å². The van der Waals surface area contributed by atoms with Crippen LogP contribution in [0.5, 0.6) is 11.5 Å². The molecule has 0 radical (unpaired) electrons. The normalized spacial score (nSPS) is 18.0. The third kappa shape index (κ3) is 3.93. The van der Waals surface area contributed by atoms with Crippen molar-refractivity contribution in [1.82, 2.24) is 0 Å². The lowest BCUT2D eigenvalue weighted by Gasteiger charge is -2.11. The average Bonchev–Trinajstić information content (AvgIpc) is 3.45. The number of ether oxygens (including phenoxy) is 2. The molecule has 1 saturated carbocycles. The summed E-state index contributed by atoms with van der Waals surface area (Å²) in [6.45, 7) is 0. The van der Waals surface area contributed by atoms with Crippen LogP contribution in [0.2, 0.25) is 0 Å². The molecular formula is C19H19FN2O4. The molecule has 1 fully saturated rings. The molecule has 0 aliphatic heterocycles. The lowest BCUT2D eigenvalue weighted by Crippen LogP contribution is -2.20. The predicted molar refractivity (Wildman–Crippen MR) is 94.8 cm³/mol. The summed E-state index contributed by atoms with van der Waals surface area (Å²) >= 11 is 0. The minimum Gasteiger partial charge on any atom is -0.497 e. The molecular weight excluding hydrogens is 339 g/mol. The van der Waals surface area contributed by atoms with Gasteiger partial charge in [0.05, 0.1) is 31.7 Å². The quantitative estimate of drug-likeness (QED) is 0.832. The van der Waals surface area contributed by atoms with Crippen LogP contribution >= 0.6 is 0 Å². The number of hydrogen-bond acceptors (Lipinski definition) is 4. The van der Waals surface area contributed by atoms with Gasteiger partial charge in [-0.2, -0.15) is 0 Å². The van der Waals surface area contributed by atoms with Crippen molar-refractivity contribution in [2.75, 3.05) is 24.9 Å². The minimum absolute atomic E-state index is 0.243. The Morgan fingerprint density at radius 2 is 1.62 bits per heavy atom. The fraction of sp³-hybridized carbons (Fsp3) is 0.263. The molecule has 136 valence electrons. The van der Waals surface area contributed by atoms with Crippen molar-refractivity contribution in [3.05, 3.63) is 48.3 Å². The summed E-state index contributed by atoms with van der Waals surface area (Å²) in [5, 5.41) is 5.47. The number of amides is 2. The molecule has 2 unspecified atom stereocenters. The lowest BCUT2D eigenvalue weighted by molar-refractivity contribution is -0.122. The Kier molecular flexibility index (Phi) is 5.06. The number of methoxy groups -OCH3 is 2. The molecule has 26 heavy (non-hydrogen) atoms. The monoisotopic (exact) mass is 358 g/mol. The Labute approximate surface area is 150 Å². The first-order valence-corrected chi connectivity index (χ1v) is 8.11. The third-order valence-corrected chi connectivity index (χ3v) is 4.24. The zero-order valence-electron chi connectivity index (χ0n) is 14.4. The van der Waals surface area contributed by atoms with E-state index in [0.29, 0.717) is 29.3 Å². The summed E-state index contributed by atoms with van der Waals surface area (Å²) in [5.41, 5.74) is 1.02. The maximum Gasteiger partial charge on any atom is 0.228 e. The Balaban J connectivity index is 1.59. The van der Waals surface area contributed by atoms with E-state index in [4.69, 9.17) is 9.47 Å². The summed E-state index contributed by atoms with van der Waals surface area (Å²) in [6.07, 6.45) is 0.470. The number of carbonyl (C=O) groups is 2. The number of nitrogens with one attached hydrogen (secondary N) is 2. The maximum atomic E-state index is 12.9. The van der Waals surface area contributed by atoms with Gasteiger partial charge in [0.25, 0.3) is 0 Å². The largest absolute Gasteiger partial charge is 0.497 e. The summed E-state index contributed by atoms with van der Waals surface area (Å²) < 4.78 is 23.3. The van der Waals surface area contributed by atoms with E-state index in [0.717, 1.165) is 0 Å². The summed E-state index contributed by atoms with van der Waals surface area (Å²) in [6, 6.07) is 10.6. The third-order valence-electron chi connectivity index (χ3n) is 4.24. The number of halogens is 1. The molecule has 2 aromatic rings. The van der Waals surface area contributed by atoms with Crippen LogP contribution in [0.25, 0.3) is 0 Å². The smallest absolute Gasteiger partial charge is 0.228 e. The van der Waals surface area contributed by atoms with E-state index in [-0.39, 0.29) is 17.6 Å². The van der Waals surface area contributed by atoms with Crippen LogP contribution in [0.15, 0.2) is 42.5 Å². The predicted octanol–water partition coefficient (Wildman–Crippen LogP) is 3.06. The van der Waals surface area contributed by atoms with Gasteiger partial charge in [-0.05, 0) is 42.8 Å². The van der Waals surface area contributed by atoms with Crippen LogP contribution in [0.3, 0.4) is 0 Å². The highest BCUT2D eigenvalue weighted by Gasteiger charge is 2.48. The molecule has 0 saturated heterocycles. The zero-order chi connectivity index (χ0) is 18.7. The Bertz CT molecular complexity index is 823. The van der Waals surface area contributed by atoms with Gasteiger partial charge in [-0.1, -0.05) is 0 Å². The molecule has 3 rings (SSSR count). The van der Waals surface area contributed by atoms with Crippen LogP contribution in [-0.4, -0.2) is 26.0 Å². The summed E-state index contributed by atoms with van der Waals surface area (Å²) in [5.74, 6) is -0.577. The first kappa shape index (κ1) is 17.7. The van der Waals surface area contributed by atoms with Crippen molar-refractivity contribution in [2.45, 2.75) is 6.42 Å². The number of anilines is 2. The van der Waals surface area contributed by atoms with Crippen LogP contribution < -0.4 is 20.1 Å². The molecule has 1 aliphatic carbocycles. The molecule has 2 N–H and O–H groups in total. The van der Waals surface area contributed by atoms with Gasteiger partial charge in [-0.25, -0.2) is 4.39 Å². The second-order valence-corrected chi connectivity index (χ2v) is 6.00. The molecule has 2 amide bonds. The summed E-state index contributed by atoms with van der Waals surface area (Å²) in [7, 11) is 3.04. The van der Waals surface area contributed by atoms with E-state index < -0.39 is 11.8 Å². The van der Waals surface area contributed by atoms with Crippen molar-refractivity contribution in [2.24, 2.45) is 11.8 Å². The van der Waals surface area contributed by atoms with E-state index in [1.807, 2.05) is 0 Å². The van der Waals surface area contributed by atoms with Crippen LogP contribution in [0.4, 0.5) is 15.8 Å². The highest BCUT2D eigenvalue weighted by Crippen LogP contribution is 2.41. The fourth-order valence-corrected chi connectivity index (χ4v) is 2.67. The van der Waals surface area contributed by atoms with Gasteiger partial charge in [-0.3, -0.25) is 9.59 Å². The molecule has 0 bridgehead atoms. The summed E-state index contributed by atoms with van der Waals surface area (Å²) in [4.78, 5) is 24.6. The van der Waals surface area contributed by atoms with Crippen molar-refractivity contribution in [1.29, 1.82) is 0 Å². The number of benzene rings is 2. The van der Waals surface area contributed by atoms with Gasteiger partial charge in [0.15, 0.2) is 0 Å². The molecule has 6 nitrogen and oxygen atoms in total. The zero-order valence-corrected chi connectivity index (χ0v) is 14.4. The molecule has 1 aliphatic rings. The van der Waals surface area contributed by atoms with Gasteiger partial charge in [0, 0.05) is 11.8 Å². The SMILES string of the molecule is COc1ccc(NC(=O)C2CC2C(=O)Nc2ccc(F)cc2)c(OC)c1. The number of hydrogen-bond donors (Lipinski definition) is 2. The molecule has 0 aromatic heterocycles. The Hall–Kier alpha value is -3.09. The van der Waals surface area contributed by atoms with E-state index in [1.165, 1.54) is 31.4 Å². The van der Waals surface area contributed by atoms with Crippen molar-refractivity contribution < 1.29 is 23.5 Å². The van der Waals surface area contributed by atoms with Crippen LogP contribution in [0.1, 0.15) is 6.42 Å². The van der Waals surface area contributed by atoms with Gasteiger partial charge in [0.2, 0.25) is 11.8 Å². The molecule has 7 heteroatoms. The van der Waals surface area contributed by atoms with Crippen molar-refractivity contribution in [3.8, 4) is 11.5 Å². The Morgan fingerprint density at radius 3 is 2.23 bits per heavy atom. The molecule has 2 aromatic carbocycles. The lowest BCUT2D eigenvalue weighted by atomic mass is 10.2. The van der Waals surface area contributed by atoms with Gasteiger partial charge in [0.1, 0.15) is 17.3 Å². The number of carbonyl (C=O) groups excluding carboxylic acids is 2. The molecule has 0 spiro atoms. The Morgan fingerprint density at radius 1 is 0.962 bits per heavy atom. The van der Waals surface area contributed by atoms with E-state index in [9.17, 15) is 14.0 Å². The standard InChI is InChI=1S/C19H19FN2O4/c1-25-13-7-8-16(17(9-13)26-2)22-19(24)15-10-14(15)18(23)21-12-5-3-11(20)4-6-12/h3-9,14-15H,10H2,1-2H3,(H,21,23)(H,22,24). The van der Waals surface area contributed by atoms with Crippen LogP contribution in [-0.2, 0) is 9.59 Å². The number of rotatable bonds is 6. The molecule has 0 heterocycles. The van der Waals surface area contributed by atoms with Crippen molar-refractivity contribution >= 4 is 23.2 Å². The highest BCUT2D eigenvalue weighted by molar-refractivity contribution is 6.03. The fourth-order valence-electron chi connectivity index (χ4n) is 2.67. The minimum atomic E-state index is -0.401. The maximum absolute atomic E-state index is 12.9. The van der Waals surface area contributed by atoms with Crippen LogP contribution in [0, 0.1) is 17.7 Å². The van der Waals surface area contributed by atoms with E-state index >= 15 is 0 Å². The molecule has 2 atom stereocenters. The topological polar surface area (TPSA) is 76.7 Å². The second-order valence-electron chi connectivity index (χ2n) is 6.00. The van der Waals surface area contributed by atoms with Gasteiger partial charge in [-0.15, -0.1) is 0 Å². The first-order chi connectivity index (χ1) is 12.5. The van der Waals surface area contributed by atoms with Gasteiger partial charge >= 0.3 is 0 Å². The highest BCUT2D eigenvalue weighted by atomic mass is 19.1. The first-order valence-electron chi connectivity index (χ1n) is 8.11. The second kappa shape index (κ2) is 7.43.